The molecule has 0 amide bonds. The Balaban J connectivity index is 2.12. The smallest absolute Gasteiger partial charge is 0.0423 e. The molecule has 1 unspecified atom stereocenters. The number of nitrogens with zero attached hydrogens (tertiary/aromatic N) is 1. The third kappa shape index (κ3) is 3.06. The lowest BCUT2D eigenvalue weighted by molar-refractivity contribution is 0.262. The fraction of sp³-hybridized carbons (Fsp3) is 0.667. The van der Waals surface area contributed by atoms with Gasteiger partial charge in [-0.15, -0.1) is 0 Å². The summed E-state index contributed by atoms with van der Waals surface area (Å²) in [7, 11) is 0. The quantitative estimate of drug-likeness (QED) is 0.840. The number of nitrogens with one attached hydrogen (secondary N) is 1. The predicted molar refractivity (Wildman–Crippen MR) is 72.1 cm³/mol. The molecule has 1 heterocycles. The second-order valence-corrected chi connectivity index (χ2v) is 5.27. The van der Waals surface area contributed by atoms with Crippen LogP contribution in [0.1, 0.15) is 55.6 Å². The van der Waals surface area contributed by atoms with Gasteiger partial charge in [0.1, 0.15) is 0 Å². The molecule has 2 nitrogen and oxygen atoms in total. The van der Waals surface area contributed by atoms with Gasteiger partial charge in [0.15, 0.2) is 0 Å². The Morgan fingerprint density at radius 3 is 2.65 bits per heavy atom. The highest BCUT2D eigenvalue weighted by atomic mass is 14.9. The molecular weight excluding hydrogens is 208 g/mol. The lowest BCUT2D eigenvalue weighted by Gasteiger charge is -2.30. The van der Waals surface area contributed by atoms with Crippen LogP contribution in [0.3, 0.4) is 0 Å². The Labute approximate surface area is 105 Å². The fourth-order valence-electron chi connectivity index (χ4n) is 2.69. The lowest BCUT2D eigenvalue weighted by atomic mass is 9.79. The van der Waals surface area contributed by atoms with E-state index in [1.54, 1.807) is 0 Å². The molecule has 2 rings (SSSR count). The van der Waals surface area contributed by atoms with Gasteiger partial charge in [-0.1, -0.05) is 32.3 Å². The van der Waals surface area contributed by atoms with E-state index in [0.29, 0.717) is 6.04 Å². The largest absolute Gasteiger partial charge is 0.310 e. The third-order valence-corrected chi connectivity index (χ3v) is 3.89. The van der Waals surface area contributed by atoms with Crippen molar-refractivity contribution in [3.05, 3.63) is 29.1 Å². The van der Waals surface area contributed by atoms with Crippen LogP contribution in [0, 0.1) is 19.8 Å². The van der Waals surface area contributed by atoms with Crippen LogP contribution in [0.4, 0.5) is 0 Å². The highest BCUT2D eigenvalue weighted by Gasteiger charge is 2.23. The predicted octanol–water partition coefficient (Wildman–Crippen LogP) is 3.54. The van der Waals surface area contributed by atoms with Crippen LogP contribution in [0.5, 0.6) is 0 Å². The Kier molecular flexibility index (Phi) is 4.16. The van der Waals surface area contributed by atoms with E-state index in [2.05, 4.69) is 43.2 Å². The molecule has 0 aliphatic heterocycles. The first kappa shape index (κ1) is 12.6. The minimum Gasteiger partial charge on any atom is -0.310 e. The number of hydrogen-bond donors (Lipinski definition) is 1. The standard InChI is InChI=1S/C15H24N2/c1-4-16-15(10-13-6-5-7-13)14-9-8-11(2)17-12(14)3/h8-9,13,15-16H,4-7,10H2,1-3H3. The van der Waals surface area contributed by atoms with Crippen molar-refractivity contribution < 1.29 is 0 Å². The van der Waals surface area contributed by atoms with Crippen molar-refractivity contribution in [1.82, 2.24) is 10.3 Å². The molecule has 0 aromatic carbocycles. The zero-order valence-corrected chi connectivity index (χ0v) is 11.3. The summed E-state index contributed by atoms with van der Waals surface area (Å²) in [5.74, 6) is 0.930. The number of aromatic nitrogens is 1. The second-order valence-electron chi connectivity index (χ2n) is 5.27. The number of rotatable bonds is 5. The van der Waals surface area contributed by atoms with Crippen LogP contribution in [-0.4, -0.2) is 11.5 Å². The Hall–Kier alpha value is -0.890. The van der Waals surface area contributed by atoms with Crippen LogP contribution in [0.25, 0.3) is 0 Å². The van der Waals surface area contributed by atoms with Crippen molar-refractivity contribution in [2.45, 2.75) is 52.5 Å². The maximum atomic E-state index is 4.59. The SMILES string of the molecule is CCNC(CC1CCC1)c1ccc(C)nc1C. The molecule has 1 aromatic heterocycles. The minimum absolute atomic E-state index is 0.499. The molecule has 17 heavy (non-hydrogen) atoms. The summed E-state index contributed by atoms with van der Waals surface area (Å²) in [6.45, 7) is 7.41. The Morgan fingerprint density at radius 1 is 1.35 bits per heavy atom. The first-order valence-electron chi connectivity index (χ1n) is 6.88. The van der Waals surface area contributed by atoms with Crippen LogP contribution >= 0.6 is 0 Å². The molecule has 0 spiro atoms. The minimum atomic E-state index is 0.499. The number of pyridine rings is 1. The highest BCUT2D eigenvalue weighted by molar-refractivity contribution is 5.25. The molecule has 1 N–H and O–H groups in total. The van der Waals surface area contributed by atoms with E-state index >= 15 is 0 Å². The van der Waals surface area contributed by atoms with Gasteiger partial charge >= 0.3 is 0 Å². The molecule has 1 saturated carbocycles. The molecule has 94 valence electrons. The maximum absolute atomic E-state index is 4.59. The van der Waals surface area contributed by atoms with Gasteiger partial charge in [0.2, 0.25) is 0 Å². The lowest BCUT2D eigenvalue weighted by Crippen LogP contribution is -2.26. The summed E-state index contributed by atoms with van der Waals surface area (Å²) in [6.07, 6.45) is 5.54. The van der Waals surface area contributed by atoms with Crippen LogP contribution in [0.2, 0.25) is 0 Å². The first-order valence-corrected chi connectivity index (χ1v) is 6.88. The monoisotopic (exact) mass is 232 g/mol. The molecule has 0 bridgehead atoms. The summed E-state index contributed by atoms with van der Waals surface area (Å²) in [4.78, 5) is 4.59. The van der Waals surface area contributed by atoms with Crippen molar-refractivity contribution in [1.29, 1.82) is 0 Å². The van der Waals surface area contributed by atoms with Crippen molar-refractivity contribution in [3.63, 3.8) is 0 Å². The van der Waals surface area contributed by atoms with Crippen LogP contribution in [0.15, 0.2) is 12.1 Å². The molecule has 1 fully saturated rings. The number of aryl methyl sites for hydroxylation is 2. The van der Waals surface area contributed by atoms with Gasteiger partial charge < -0.3 is 5.32 Å². The van der Waals surface area contributed by atoms with E-state index in [0.717, 1.165) is 18.2 Å². The topological polar surface area (TPSA) is 24.9 Å². The summed E-state index contributed by atoms with van der Waals surface area (Å²) in [5, 5.41) is 3.62. The normalized spacial score (nSPS) is 17.8. The fourth-order valence-corrected chi connectivity index (χ4v) is 2.69. The Morgan fingerprint density at radius 2 is 2.12 bits per heavy atom. The maximum Gasteiger partial charge on any atom is 0.0423 e. The van der Waals surface area contributed by atoms with Gasteiger partial charge in [0.05, 0.1) is 0 Å². The van der Waals surface area contributed by atoms with Gasteiger partial charge in [-0.05, 0) is 44.4 Å². The third-order valence-electron chi connectivity index (χ3n) is 3.89. The van der Waals surface area contributed by atoms with Gasteiger partial charge in [-0.2, -0.15) is 0 Å². The van der Waals surface area contributed by atoms with Crippen molar-refractivity contribution in [3.8, 4) is 0 Å². The zero-order chi connectivity index (χ0) is 12.3. The van der Waals surface area contributed by atoms with Crippen LogP contribution < -0.4 is 5.32 Å². The first-order chi connectivity index (χ1) is 8.20. The summed E-state index contributed by atoms with van der Waals surface area (Å²) < 4.78 is 0. The van der Waals surface area contributed by atoms with Gasteiger partial charge in [-0.3, -0.25) is 4.98 Å². The number of hydrogen-bond acceptors (Lipinski definition) is 2. The average molecular weight is 232 g/mol. The zero-order valence-electron chi connectivity index (χ0n) is 11.3. The van der Waals surface area contributed by atoms with Crippen molar-refractivity contribution in [2.24, 2.45) is 5.92 Å². The molecular formula is C15H24N2. The van der Waals surface area contributed by atoms with Crippen LogP contribution in [-0.2, 0) is 0 Å². The molecule has 2 heteroatoms. The van der Waals surface area contributed by atoms with Gasteiger partial charge in [-0.25, -0.2) is 0 Å². The van der Waals surface area contributed by atoms with E-state index in [-0.39, 0.29) is 0 Å². The van der Waals surface area contributed by atoms with Gasteiger partial charge in [0.25, 0.3) is 0 Å². The van der Waals surface area contributed by atoms with Crippen molar-refractivity contribution >= 4 is 0 Å². The summed E-state index contributed by atoms with van der Waals surface area (Å²) in [6, 6.07) is 4.88. The average Bonchev–Trinajstić information content (AvgIpc) is 2.22. The Bertz CT molecular complexity index is 369. The highest BCUT2D eigenvalue weighted by Crippen LogP contribution is 2.35. The summed E-state index contributed by atoms with van der Waals surface area (Å²) in [5.41, 5.74) is 3.70. The molecule has 0 saturated heterocycles. The van der Waals surface area contributed by atoms with E-state index in [1.165, 1.54) is 36.9 Å². The van der Waals surface area contributed by atoms with E-state index in [4.69, 9.17) is 0 Å². The van der Waals surface area contributed by atoms with Crippen molar-refractivity contribution in [2.75, 3.05) is 6.54 Å². The van der Waals surface area contributed by atoms with Gasteiger partial charge in [0, 0.05) is 17.4 Å². The molecule has 1 aromatic rings. The molecule has 1 aliphatic carbocycles. The van der Waals surface area contributed by atoms with E-state index < -0.39 is 0 Å². The molecule has 1 aliphatic rings. The molecule has 0 radical (unpaired) electrons. The van der Waals surface area contributed by atoms with E-state index in [1.807, 2.05) is 0 Å². The van der Waals surface area contributed by atoms with E-state index in [9.17, 15) is 0 Å². The molecule has 1 atom stereocenters. The summed E-state index contributed by atoms with van der Waals surface area (Å²) >= 11 is 0. The second kappa shape index (κ2) is 5.63.